The summed E-state index contributed by atoms with van der Waals surface area (Å²) < 4.78 is 3.90. The first-order chi connectivity index (χ1) is 10.3. The van der Waals surface area contributed by atoms with Crippen LogP contribution in [0.1, 0.15) is 34.4 Å². The molecule has 3 rings (SSSR count). The Bertz CT molecular complexity index is 782. The topological polar surface area (TPSA) is 55.7 Å². The Morgan fingerprint density at radius 3 is 2.90 bits per heavy atom. The van der Waals surface area contributed by atoms with Crippen molar-refractivity contribution in [1.29, 1.82) is 0 Å². The molecule has 0 spiro atoms. The SMILES string of the molecule is CCCc1nnsc1C(=O)Cc1ccc2ccccc2n1. The van der Waals surface area contributed by atoms with Gasteiger partial charge < -0.3 is 0 Å². The molecule has 0 aliphatic heterocycles. The van der Waals surface area contributed by atoms with Gasteiger partial charge in [-0.1, -0.05) is 42.1 Å². The first-order valence-electron chi connectivity index (χ1n) is 6.97. The van der Waals surface area contributed by atoms with Crippen LogP contribution in [0.5, 0.6) is 0 Å². The Balaban J connectivity index is 1.84. The van der Waals surface area contributed by atoms with E-state index in [2.05, 4.69) is 21.5 Å². The van der Waals surface area contributed by atoms with Crippen molar-refractivity contribution >= 4 is 28.2 Å². The number of fused-ring (bicyclic) bond motifs is 1. The number of aromatic nitrogens is 3. The van der Waals surface area contributed by atoms with Crippen molar-refractivity contribution < 1.29 is 4.79 Å². The summed E-state index contributed by atoms with van der Waals surface area (Å²) in [7, 11) is 0. The Morgan fingerprint density at radius 1 is 1.19 bits per heavy atom. The zero-order valence-corrected chi connectivity index (χ0v) is 12.6. The third kappa shape index (κ3) is 2.97. The van der Waals surface area contributed by atoms with Crippen molar-refractivity contribution in [2.24, 2.45) is 0 Å². The molecule has 0 bridgehead atoms. The first-order valence-corrected chi connectivity index (χ1v) is 7.74. The number of para-hydroxylation sites is 1. The number of aryl methyl sites for hydroxylation is 1. The lowest BCUT2D eigenvalue weighted by atomic mass is 10.1. The van der Waals surface area contributed by atoms with Crippen LogP contribution in [0.25, 0.3) is 10.9 Å². The summed E-state index contributed by atoms with van der Waals surface area (Å²) in [5, 5.41) is 5.13. The van der Waals surface area contributed by atoms with E-state index in [1.165, 1.54) is 11.5 Å². The van der Waals surface area contributed by atoms with Gasteiger partial charge in [0, 0.05) is 11.1 Å². The normalized spacial score (nSPS) is 10.9. The lowest BCUT2D eigenvalue weighted by Gasteiger charge is -2.02. The van der Waals surface area contributed by atoms with Crippen LogP contribution in [-0.2, 0) is 12.8 Å². The summed E-state index contributed by atoms with van der Waals surface area (Å²) in [4.78, 5) is 17.6. The molecule has 0 atom stereocenters. The van der Waals surface area contributed by atoms with Crippen molar-refractivity contribution in [3.63, 3.8) is 0 Å². The number of hydrogen-bond donors (Lipinski definition) is 0. The second kappa shape index (κ2) is 6.10. The van der Waals surface area contributed by atoms with E-state index in [0.29, 0.717) is 11.3 Å². The van der Waals surface area contributed by atoms with Gasteiger partial charge in [0.2, 0.25) is 0 Å². The molecular weight excluding hydrogens is 282 g/mol. The number of carbonyl (C=O) groups is 1. The van der Waals surface area contributed by atoms with Gasteiger partial charge in [-0.2, -0.15) is 0 Å². The monoisotopic (exact) mass is 297 g/mol. The molecule has 3 aromatic rings. The summed E-state index contributed by atoms with van der Waals surface area (Å²) in [6, 6.07) is 11.8. The zero-order chi connectivity index (χ0) is 14.7. The molecule has 21 heavy (non-hydrogen) atoms. The fourth-order valence-corrected chi connectivity index (χ4v) is 2.92. The Labute approximate surface area is 127 Å². The van der Waals surface area contributed by atoms with Crippen molar-refractivity contribution in [1.82, 2.24) is 14.6 Å². The minimum absolute atomic E-state index is 0.0521. The molecule has 0 radical (unpaired) electrons. The minimum Gasteiger partial charge on any atom is -0.293 e. The standard InChI is InChI=1S/C16H15N3OS/c1-2-5-14-16(21-19-18-14)15(20)10-12-9-8-11-6-3-4-7-13(11)17-12/h3-4,6-9H,2,5,10H2,1H3. The van der Waals surface area contributed by atoms with Gasteiger partial charge in [0.1, 0.15) is 4.88 Å². The van der Waals surface area contributed by atoms with Crippen molar-refractivity contribution in [2.45, 2.75) is 26.2 Å². The van der Waals surface area contributed by atoms with E-state index < -0.39 is 0 Å². The molecular formula is C16H15N3OS. The summed E-state index contributed by atoms with van der Waals surface area (Å²) in [5.41, 5.74) is 2.52. The first kappa shape index (κ1) is 13.8. The van der Waals surface area contributed by atoms with Crippen LogP contribution in [0.3, 0.4) is 0 Å². The van der Waals surface area contributed by atoms with Gasteiger partial charge in [-0.25, -0.2) is 0 Å². The molecule has 1 aromatic carbocycles. The number of carbonyl (C=O) groups excluding carboxylic acids is 1. The molecule has 0 saturated carbocycles. The maximum Gasteiger partial charge on any atom is 0.182 e. The van der Waals surface area contributed by atoms with Gasteiger partial charge in [-0.05, 0) is 30.1 Å². The largest absolute Gasteiger partial charge is 0.293 e. The average Bonchev–Trinajstić information content (AvgIpc) is 2.96. The molecule has 2 heterocycles. The fourth-order valence-electron chi connectivity index (χ4n) is 2.27. The zero-order valence-electron chi connectivity index (χ0n) is 11.7. The van der Waals surface area contributed by atoms with Crippen molar-refractivity contribution in [3.05, 3.63) is 52.7 Å². The molecule has 0 saturated heterocycles. The maximum atomic E-state index is 12.4. The van der Waals surface area contributed by atoms with Crippen molar-refractivity contribution in [2.75, 3.05) is 0 Å². The van der Waals surface area contributed by atoms with E-state index in [9.17, 15) is 4.79 Å². The van der Waals surface area contributed by atoms with Crippen LogP contribution in [0.2, 0.25) is 0 Å². The van der Waals surface area contributed by atoms with E-state index in [-0.39, 0.29) is 5.78 Å². The van der Waals surface area contributed by atoms with Crippen LogP contribution in [-0.4, -0.2) is 20.4 Å². The van der Waals surface area contributed by atoms with Gasteiger partial charge >= 0.3 is 0 Å². The molecule has 5 heteroatoms. The highest BCUT2D eigenvalue weighted by molar-refractivity contribution is 7.08. The number of rotatable bonds is 5. The highest BCUT2D eigenvalue weighted by Gasteiger charge is 2.16. The van der Waals surface area contributed by atoms with E-state index in [0.717, 1.165) is 35.1 Å². The molecule has 0 fully saturated rings. The number of pyridine rings is 1. The summed E-state index contributed by atoms with van der Waals surface area (Å²) >= 11 is 1.18. The van der Waals surface area contributed by atoms with E-state index in [1.54, 1.807) is 0 Å². The van der Waals surface area contributed by atoms with E-state index >= 15 is 0 Å². The number of nitrogens with zero attached hydrogens (tertiary/aromatic N) is 3. The van der Waals surface area contributed by atoms with Gasteiger partial charge in [-0.15, -0.1) is 5.10 Å². The van der Waals surface area contributed by atoms with Crippen LogP contribution in [0.4, 0.5) is 0 Å². The maximum absolute atomic E-state index is 12.4. The number of hydrogen-bond acceptors (Lipinski definition) is 5. The third-order valence-electron chi connectivity index (χ3n) is 3.29. The molecule has 0 N–H and O–H groups in total. The molecule has 0 aliphatic carbocycles. The summed E-state index contributed by atoms with van der Waals surface area (Å²) in [5.74, 6) is 0.0521. The summed E-state index contributed by atoms with van der Waals surface area (Å²) in [6.07, 6.45) is 2.05. The lowest BCUT2D eigenvalue weighted by Crippen LogP contribution is -2.06. The van der Waals surface area contributed by atoms with Gasteiger partial charge in [0.05, 0.1) is 17.6 Å². The predicted molar refractivity (Wildman–Crippen MR) is 83.7 cm³/mol. The molecule has 106 valence electrons. The van der Waals surface area contributed by atoms with Crippen LogP contribution < -0.4 is 0 Å². The molecule has 0 unspecified atom stereocenters. The second-order valence-corrected chi connectivity index (χ2v) is 5.65. The Hall–Kier alpha value is -2.14. The molecule has 4 nitrogen and oxygen atoms in total. The number of benzene rings is 1. The average molecular weight is 297 g/mol. The van der Waals surface area contributed by atoms with E-state index in [1.807, 2.05) is 36.4 Å². The van der Waals surface area contributed by atoms with Gasteiger partial charge in [-0.3, -0.25) is 9.78 Å². The quantitative estimate of drug-likeness (QED) is 0.677. The van der Waals surface area contributed by atoms with Crippen LogP contribution in [0, 0.1) is 0 Å². The van der Waals surface area contributed by atoms with Gasteiger partial charge in [0.25, 0.3) is 0 Å². The molecule has 0 amide bonds. The third-order valence-corrected chi connectivity index (χ3v) is 4.10. The Morgan fingerprint density at radius 2 is 2.05 bits per heavy atom. The number of Topliss-reactive ketones (excluding diaryl/α,β-unsaturated/α-hetero) is 1. The molecule has 2 aromatic heterocycles. The smallest absolute Gasteiger partial charge is 0.182 e. The van der Waals surface area contributed by atoms with E-state index in [4.69, 9.17) is 0 Å². The fraction of sp³-hybridized carbons (Fsp3) is 0.250. The Kier molecular flexibility index (Phi) is 4.01. The summed E-state index contributed by atoms with van der Waals surface area (Å²) in [6.45, 7) is 2.07. The van der Waals surface area contributed by atoms with Crippen LogP contribution >= 0.6 is 11.5 Å². The highest BCUT2D eigenvalue weighted by Crippen LogP contribution is 2.17. The number of ketones is 1. The highest BCUT2D eigenvalue weighted by atomic mass is 32.1. The van der Waals surface area contributed by atoms with Crippen molar-refractivity contribution in [3.8, 4) is 0 Å². The lowest BCUT2D eigenvalue weighted by molar-refractivity contribution is 0.0995. The molecule has 0 aliphatic rings. The van der Waals surface area contributed by atoms with Crippen LogP contribution in [0.15, 0.2) is 36.4 Å². The van der Waals surface area contributed by atoms with Gasteiger partial charge in [0.15, 0.2) is 5.78 Å². The second-order valence-electron chi connectivity index (χ2n) is 4.89. The predicted octanol–water partition coefficient (Wildman–Crippen LogP) is 3.46. The minimum atomic E-state index is 0.0521.